The third kappa shape index (κ3) is 2.86. The number of hydrogen-bond donors (Lipinski definition) is 1. The van der Waals surface area contributed by atoms with E-state index in [1.165, 1.54) is 5.56 Å². The maximum absolute atomic E-state index is 10.0. The zero-order valence-electron chi connectivity index (χ0n) is 14.3. The molecule has 1 N–H and O–H groups in total. The molecule has 23 heavy (non-hydrogen) atoms. The lowest BCUT2D eigenvalue weighted by Crippen LogP contribution is -2.44. The van der Waals surface area contributed by atoms with E-state index in [-0.39, 0.29) is 11.5 Å². The van der Waals surface area contributed by atoms with Gasteiger partial charge in [-0.25, -0.2) is 0 Å². The summed E-state index contributed by atoms with van der Waals surface area (Å²) in [7, 11) is 2.15. The Labute approximate surface area is 138 Å². The maximum atomic E-state index is 10.0. The van der Waals surface area contributed by atoms with Crippen molar-refractivity contribution in [3.05, 3.63) is 35.9 Å². The van der Waals surface area contributed by atoms with Crippen molar-refractivity contribution in [1.29, 1.82) is 0 Å². The molecule has 1 aromatic carbocycles. The second kappa shape index (κ2) is 6.54. The summed E-state index contributed by atoms with van der Waals surface area (Å²) in [5, 5.41) is 10.0. The van der Waals surface area contributed by atoms with Gasteiger partial charge in [-0.3, -0.25) is 0 Å². The molecule has 1 heterocycles. The van der Waals surface area contributed by atoms with Gasteiger partial charge < -0.3 is 19.5 Å². The van der Waals surface area contributed by atoms with Crippen LogP contribution in [0.2, 0.25) is 0 Å². The number of nitrogens with zero attached hydrogens (tertiary/aromatic N) is 1. The lowest BCUT2D eigenvalue weighted by Gasteiger charge is -2.39. The minimum absolute atomic E-state index is 0.0371. The van der Waals surface area contributed by atoms with Crippen LogP contribution >= 0.6 is 0 Å². The molecule has 1 aromatic rings. The van der Waals surface area contributed by atoms with Gasteiger partial charge in [-0.2, -0.15) is 0 Å². The third-order valence-corrected chi connectivity index (χ3v) is 5.17. The van der Waals surface area contributed by atoms with Crippen LogP contribution in [-0.4, -0.2) is 49.0 Å². The van der Waals surface area contributed by atoms with Crippen LogP contribution in [0.15, 0.2) is 30.4 Å². The van der Waals surface area contributed by atoms with Gasteiger partial charge in [0.15, 0.2) is 11.5 Å². The van der Waals surface area contributed by atoms with Gasteiger partial charge in [0.2, 0.25) is 0 Å². The topological polar surface area (TPSA) is 41.9 Å². The smallest absolute Gasteiger partial charge is 0.161 e. The quantitative estimate of drug-likeness (QED) is 0.848. The summed E-state index contributed by atoms with van der Waals surface area (Å²) in [5.74, 6) is 1.62. The maximum Gasteiger partial charge on any atom is 0.161 e. The Bertz CT molecular complexity index is 586. The van der Waals surface area contributed by atoms with Crippen LogP contribution in [0.5, 0.6) is 11.5 Å². The molecule has 1 saturated heterocycles. The van der Waals surface area contributed by atoms with Crippen molar-refractivity contribution < 1.29 is 14.6 Å². The van der Waals surface area contributed by atoms with E-state index in [0.717, 1.165) is 30.9 Å². The molecule has 0 saturated carbocycles. The van der Waals surface area contributed by atoms with Gasteiger partial charge in [0.05, 0.1) is 19.3 Å². The van der Waals surface area contributed by atoms with Crippen molar-refractivity contribution in [2.75, 3.05) is 26.8 Å². The number of aliphatic hydroxyl groups excluding tert-OH is 1. The molecule has 126 valence electrons. The highest BCUT2D eigenvalue weighted by atomic mass is 16.5. The third-order valence-electron chi connectivity index (χ3n) is 5.17. The molecule has 0 radical (unpaired) electrons. The van der Waals surface area contributed by atoms with E-state index in [1.54, 1.807) is 0 Å². The van der Waals surface area contributed by atoms with Gasteiger partial charge in [-0.05, 0) is 58.0 Å². The van der Waals surface area contributed by atoms with E-state index in [4.69, 9.17) is 9.47 Å². The zero-order chi connectivity index (χ0) is 16.4. The van der Waals surface area contributed by atoms with Crippen molar-refractivity contribution >= 4 is 0 Å². The fourth-order valence-corrected chi connectivity index (χ4v) is 4.03. The van der Waals surface area contributed by atoms with Crippen LogP contribution in [0, 0.1) is 0 Å². The van der Waals surface area contributed by atoms with Crippen molar-refractivity contribution in [2.24, 2.45) is 0 Å². The van der Waals surface area contributed by atoms with E-state index < -0.39 is 0 Å². The summed E-state index contributed by atoms with van der Waals surface area (Å²) < 4.78 is 11.5. The van der Waals surface area contributed by atoms with Crippen LogP contribution in [0.25, 0.3) is 0 Å². The Hall–Kier alpha value is -1.52. The van der Waals surface area contributed by atoms with E-state index in [0.29, 0.717) is 19.3 Å². The highest BCUT2D eigenvalue weighted by Crippen LogP contribution is 2.47. The number of rotatable bonds is 5. The Kier molecular flexibility index (Phi) is 4.64. The van der Waals surface area contributed by atoms with Gasteiger partial charge in [-0.15, -0.1) is 0 Å². The van der Waals surface area contributed by atoms with Crippen molar-refractivity contribution in [3.63, 3.8) is 0 Å². The highest BCUT2D eigenvalue weighted by molar-refractivity contribution is 5.48. The molecule has 2 aliphatic rings. The second-order valence-electron chi connectivity index (χ2n) is 6.48. The second-order valence-corrected chi connectivity index (χ2v) is 6.48. The molecule has 1 aliphatic heterocycles. The summed E-state index contributed by atoms with van der Waals surface area (Å²) in [6, 6.07) is 6.63. The molecule has 4 heteroatoms. The molecule has 0 spiro atoms. The lowest BCUT2D eigenvalue weighted by atomic mass is 9.69. The standard InChI is InChI=1S/C19H27NO3/c1-4-22-16-7-6-14(12-17(16)23-5-2)19-9-8-15(21)13-18(19)20(3)11-10-19/h6-9,12,15,18,21H,4-5,10-11,13H2,1-3H3/t15-,18+,19+/m1/s1. The molecule has 1 fully saturated rings. The Morgan fingerprint density at radius 3 is 2.70 bits per heavy atom. The van der Waals surface area contributed by atoms with Crippen LogP contribution in [0.4, 0.5) is 0 Å². The predicted molar refractivity (Wildman–Crippen MR) is 91.3 cm³/mol. The minimum Gasteiger partial charge on any atom is -0.490 e. The van der Waals surface area contributed by atoms with E-state index in [9.17, 15) is 5.11 Å². The van der Waals surface area contributed by atoms with Gasteiger partial charge in [-0.1, -0.05) is 18.2 Å². The Morgan fingerprint density at radius 1 is 1.22 bits per heavy atom. The Balaban J connectivity index is 2.02. The normalized spacial score (nSPS) is 30.3. The molecule has 4 nitrogen and oxygen atoms in total. The van der Waals surface area contributed by atoms with Crippen LogP contribution in [-0.2, 0) is 5.41 Å². The lowest BCUT2D eigenvalue weighted by molar-refractivity contribution is 0.137. The van der Waals surface area contributed by atoms with Gasteiger partial charge in [0.25, 0.3) is 0 Å². The summed E-state index contributed by atoms with van der Waals surface area (Å²) in [6.07, 6.45) is 5.66. The van der Waals surface area contributed by atoms with Crippen molar-refractivity contribution in [1.82, 2.24) is 4.90 Å². The van der Waals surface area contributed by atoms with E-state index in [1.807, 2.05) is 26.0 Å². The van der Waals surface area contributed by atoms with Crippen LogP contribution in [0.1, 0.15) is 32.3 Å². The molecule has 0 unspecified atom stereocenters. The average Bonchev–Trinajstić information content (AvgIpc) is 2.88. The number of fused-ring (bicyclic) bond motifs is 1. The number of likely N-dealkylation sites (tertiary alicyclic amines) is 1. The summed E-state index contributed by atoms with van der Waals surface area (Å²) >= 11 is 0. The van der Waals surface area contributed by atoms with Gasteiger partial charge in [0, 0.05) is 11.5 Å². The molecular weight excluding hydrogens is 290 g/mol. The van der Waals surface area contributed by atoms with Crippen LogP contribution in [0.3, 0.4) is 0 Å². The first-order valence-corrected chi connectivity index (χ1v) is 8.58. The number of likely N-dealkylation sites (N-methyl/N-ethyl adjacent to an activating group) is 1. The number of aliphatic hydroxyl groups is 1. The number of hydrogen-bond acceptors (Lipinski definition) is 4. The van der Waals surface area contributed by atoms with E-state index >= 15 is 0 Å². The first-order chi connectivity index (χ1) is 11.1. The summed E-state index contributed by atoms with van der Waals surface area (Å²) in [4.78, 5) is 2.36. The molecule has 0 aromatic heterocycles. The van der Waals surface area contributed by atoms with Gasteiger partial charge in [0.1, 0.15) is 0 Å². The number of ether oxygens (including phenoxy) is 2. The molecule has 3 atom stereocenters. The Morgan fingerprint density at radius 2 is 1.96 bits per heavy atom. The zero-order valence-corrected chi connectivity index (χ0v) is 14.3. The molecule has 1 aliphatic carbocycles. The fraction of sp³-hybridized carbons (Fsp3) is 0.579. The average molecular weight is 317 g/mol. The predicted octanol–water partition coefficient (Wildman–Crippen LogP) is 2.75. The molecular formula is C19H27NO3. The summed E-state index contributed by atoms with van der Waals surface area (Å²) in [6.45, 7) is 6.26. The van der Waals surface area contributed by atoms with Gasteiger partial charge >= 0.3 is 0 Å². The van der Waals surface area contributed by atoms with Crippen LogP contribution < -0.4 is 9.47 Å². The first kappa shape index (κ1) is 16.3. The SMILES string of the molecule is CCOc1ccc([C@@]23C=C[C@@H](O)C[C@@H]2N(C)CC3)cc1OCC. The monoisotopic (exact) mass is 317 g/mol. The van der Waals surface area contributed by atoms with Crippen molar-refractivity contribution in [2.45, 2.75) is 44.2 Å². The largest absolute Gasteiger partial charge is 0.490 e. The first-order valence-electron chi connectivity index (χ1n) is 8.58. The molecule has 3 rings (SSSR count). The summed E-state index contributed by atoms with van der Waals surface area (Å²) in [5.41, 5.74) is 1.21. The van der Waals surface area contributed by atoms with Crippen molar-refractivity contribution in [3.8, 4) is 11.5 Å². The fourth-order valence-electron chi connectivity index (χ4n) is 4.03. The van der Waals surface area contributed by atoms with E-state index in [2.05, 4.69) is 30.2 Å². The highest BCUT2D eigenvalue weighted by Gasteiger charge is 2.48. The molecule has 0 amide bonds. The number of benzene rings is 1. The minimum atomic E-state index is -0.345. The molecule has 0 bridgehead atoms.